The zero-order valence-corrected chi connectivity index (χ0v) is 16.8. The van der Waals surface area contributed by atoms with Crippen molar-refractivity contribution in [3.05, 3.63) is 64.8 Å². The summed E-state index contributed by atoms with van der Waals surface area (Å²) in [5.41, 5.74) is 4.76. The first kappa shape index (κ1) is 18.7. The summed E-state index contributed by atoms with van der Waals surface area (Å²) in [6.45, 7) is 7.83. The van der Waals surface area contributed by atoms with Crippen molar-refractivity contribution in [3.8, 4) is 5.69 Å². The molecule has 0 bridgehead atoms. The number of aromatic nitrogens is 2. The van der Waals surface area contributed by atoms with Gasteiger partial charge in [-0.25, -0.2) is 13.9 Å². The number of nitrogens with zero attached hydrogens (tertiary/aromatic N) is 2. The fraction of sp³-hybridized carbons (Fsp3) is 0.391. The molecule has 4 nitrogen and oxygen atoms in total. The van der Waals surface area contributed by atoms with Crippen LogP contribution < -0.4 is 0 Å². The van der Waals surface area contributed by atoms with E-state index >= 15 is 0 Å². The molecular weight excluding hydrogens is 355 g/mol. The molecule has 2 aromatic rings. The van der Waals surface area contributed by atoms with Crippen LogP contribution in [0.3, 0.4) is 0 Å². The van der Waals surface area contributed by atoms with Crippen LogP contribution in [0.2, 0.25) is 0 Å². The Morgan fingerprint density at radius 2 is 1.96 bits per heavy atom. The Kier molecular flexibility index (Phi) is 4.29. The summed E-state index contributed by atoms with van der Waals surface area (Å²) in [4.78, 5) is 12.3. The Morgan fingerprint density at radius 3 is 2.64 bits per heavy atom. The van der Waals surface area contributed by atoms with Crippen LogP contribution >= 0.6 is 0 Å². The molecule has 0 radical (unpaired) electrons. The second-order valence-corrected chi connectivity index (χ2v) is 8.82. The molecule has 0 N–H and O–H groups in total. The van der Waals surface area contributed by atoms with Crippen molar-refractivity contribution in [2.24, 2.45) is 5.41 Å². The summed E-state index contributed by atoms with van der Waals surface area (Å²) >= 11 is 0. The van der Waals surface area contributed by atoms with Crippen molar-refractivity contribution in [2.75, 3.05) is 0 Å². The third-order valence-corrected chi connectivity index (χ3v) is 5.59. The van der Waals surface area contributed by atoms with Gasteiger partial charge in [0, 0.05) is 11.5 Å². The summed E-state index contributed by atoms with van der Waals surface area (Å²) in [5.74, 6) is -0.541. The van der Waals surface area contributed by atoms with Gasteiger partial charge in [0.2, 0.25) is 0 Å². The highest BCUT2D eigenvalue weighted by atomic mass is 19.1. The Hall–Kier alpha value is -2.69. The zero-order valence-electron chi connectivity index (χ0n) is 16.8. The van der Waals surface area contributed by atoms with Crippen LogP contribution in [-0.2, 0) is 16.0 Å². The van der Waals surface area contributed by atoms with Crippen LogP contribution in [0.1, 0.15) is 51.8 Å². The molecule has 0 amide bonds. The van der Waals surface area contributed by atoms with Crippen molar-refractivity contribution in [1.82, 2.24) is 9.78 Å². The van der Waals surface area contributed by atoms with E-state index in [1.807, 2.05) is 31.6 Å². The molecule has 0 spiro atoms. The van der Waals surface area contributed by atoms with Gasteiger partial charge in [-0.2, -0.15) is 5.10 Å². The largest absolute Gasteiger partial charge is 0.457 e. The number of benzene rings is 1. The fourth-order valence-corrected chi connectivity index (χ4v) is 4.21. The molecule has 1 atom stereocenters. The molecule has 0 aliphatic heterocycles. The molecule has 2 aliphatic rings. The number of allylic oxidation sites excluding steroid dienone is 2. The van der Waals surface area contributed by atoms with Crippen molar-refractivity contribution in [1.29, 1.82) is 0 Å². The molecule has 1 heterocycles. The molecule has 0 unspecified atom stereocenters. The van der Waals surface area contributed by atoms with Gasteiger partial charge >= 0.3 is 5.97 Å². The molecule has 1 fully saturated rings. The lowest BCUT2D eigenvalue weighted by Crippen LogP contribution is -2.26. The normalized spacial score (nSPS) is 22.6. The first-order chi connectivity index (χ1) is 13.2. The average Bonchev–Trinajstić information content (AvgIpc) is 3.12. The lowest BCUT2D eigenvalue weighted by atomic mass is 9.72. The summed E-state index contributed by atoms with van der Waals surface area (Å²) in [5, 5.41) is 4.53. The van der Waals surface area contributed by atoms with E-state index in [9.17, 15) is 9.18 Å². The van der Waals surface area contributed by atoms with Gasteiger partial charge in [-0.1, -0.05) is 18.1 Å². The van der Waals surface area contributed by atoms with E-state index in [4.69, 9.17) is 4.74 Å². The molecule has 1 saturated carbocycles. The van der Waals surface area contributed by atoms with E-state index in [2.05, 4.69) is 18.1 Å². The molecule has 1 aromatic heterocycles. The lowest BCUT2D eigenvalue weighted by Gasteiger charge is -2.32. The number of hydrogen-bond donors (Lipinski definition) is 0. The smallest absolute Gasteiger partial charge is 0.331 e. The van der Waals surface area contributed by atoms with E-state index < -0.39 is 5.60 Å². The van der Waals surface area contributed by atoms with Gasteiger partial charge in [0.05, 0.1) is 17.6 Å². The lowest BCUT2D eigenvalue weighted by molar-refractivity contribution is -0.148. The Morgan fingerprint density at radius 1 is 1.25 bits per heavy atom. The Bertz CT molecular complexity index is 993. The van der Waals surface area contributed by atoms with Crippen molar-refractivity contribution >= 4 is 12.0 Å². The zero-order chi connectivity index (χ0) is 20.1. The van der Waals surface area contributed by atoms with Crippen LogP contribution in [0.15, 0.2) is 47.7 Å². The van der Waals surface area contributed by atoms with Gasteiger partial charge in [0.15, 0.2) is 0 Å². The highest BCUT2D eigenvalue weighted by Crippen LogP contribution is 2.52. The van der Waals surface area contributed by atoms with Crippen LogP contribution in [-0.4, -0.2) is 21.4 Å². The van der Waals surface area contributed by atoms with E-state index in [0.29, 0.717) is 0 Å². The highest BCUT2D eigenvalue weighted by Gasteiger charge is 2.42. The molecule has 28 heavy (non-hydrogen) atoms. The summed E-state index contributed by atoms with van der Waals surface area (Å²) in [6, 6.07) is 6.36. The predicted octanol–water partition coefficient (Wildman–Crippen LogP) is 5.02. The van der Waals surface area contributed by atoms with Crippen LogP contribution in [0, 0.1) is 11.2 Å². The van der Waals surface area contributed by atoms with Gasteiger partial charge in [0.25, 0.3) is 0 Å². The maximum atomic E-state index is 13.3. The van der Waals surface area contributed by atoms with E-state index in [1.165, 1.54) is 17.7 Å². The van der Waals surface area contributed by atoms with Gasteiger partial charge < -0.3 is 4.74 Å². The highest BCUT2D eigenvalue weighted by molar-refractivity contribution is 5.84. The third kappa shape index (κ3) is 3.30. The topological polar surface area (TPSA) is 44.1 Å². The van der Waals surface area contributed by atoms with Crippen LogP contribution in [0.5, 0.6) is 0 Å². The molecule has 2 aliphatic carbocycles. The van der Waals surface area contributed by atoms with Gasteiger partial charge in [-0.15, -0.1) is 0 Å². The number of halogens is 1. The van der Waals surface area contributed by atoms with Crippen molar-refractivity contribution in [3.63, 3.8) is 0 Å². The first-order valence-electron chi connectivity index (χ1n) is 9.64. The molecule has 146 valence electrons. The standard InChI is InChI=1S/C23H25FN2O2/c1-22(2,3)28-21(27)12-17-6-5-16-11-20-15(13-23(16,17)4)14-25-26(20)19-9-7-18(24)8-10-19/h7-12,14H,5-6,13H2,1-4H3/b17-12+/t23-/m0/s1. The minimum Gasteiger partial charge on any atom is -0.457 e. The second-order valence-electron chi connectivity index (χ2n) is 8.82. The third-order valence-electron chi connectivity index (χ3n) is 5.59. The molecule has 0 saturated heterocycles. The minimum atomic E-state index is -0.498. The molecule has 4 rings (SSSR count). The summed E-state index contributed by atoms with van der Waals surface area (Å²) < 4.78 is 20.6. The van der Waals surface area contributed by atoms with Crippen LogP contribution in [0.25, 0.3) is 11.8 Å². The number of ether oxygens (including phenoxy) is 1. The molecule has 5 heteroatoms. The van der Waals surface area contributed by atoms with Crippen molar-refractivity contribution < 1.29 is 13.9 Å². The van der Waals surface area contributed by atoms with Crippen molar-refractivity contribution in [2.45, 2.75) is 52.6 Å². The Balaban J connectivity index is 1.67. The number of carbonyl (C=O) groups is 1. The summed E-state index contributed by atoms with van der Waals surface area (Å²) in [7, 11) is 0. The van der Waals surface area contributed by atoms with Gasteiger partial charge in [0.1, 0.15) is 11.4 Å². The average molecular weight is 380 g/mol. The Labute approximate surface area is 164 Å². The van der Waals surface area contributed by atoms with E-state index in [1.54, 1.807) is 18.2 Å². The van der Waals surface area contributed by atoms with E-state index in [0.717, 1.165) is 41.8 Å². The minimum absolute atomic E-state index is 0.180. The molecule has 1 aromatic carbocycles. The maximum Gasteiger partial charge on any atom is 0.331 e. The van der Waals surface area contributed by atoms with Gasteiger partial charge in [-0.3, -0.25) is 0 Å². The quantitative estimate of drug-likeness (QED) is 0.543. The first-order valence-corrected chi connectivity index (χ1v) is 9.64. The number of hydrogen-bond acceptors (Lipinski definition) is 3. The monoisotopic (exact) mass is 380 g/mol. The number of fused-ring (bicyclic) bond motifs is 2. The maximum absolute atomic E-state index is 13.3. The SMILES string of the molecule is CC(C)(C)OC(=O)/C=C1\CCC2=Cc3c(cnn3-c3ccc(F)cc3)C[C@@]21C. The number of esters is 1. The number of carbonyl (C=O) groups excluding carboxylic acids is 1. The number of rotatable bonds is 2. The second kappa shape index (κ2) is 6.43. The van der Waals surface area contributed by atoms with Gasteiger partial charge in [-0.05, 0) is 75.9 Å². The predicted molar refractivity (Wildman–Crippen MR) is 106 cm³/mol. The fourth-order valence-electron chi connectivity index (χ4n) is 4.21. The summed E-state index contributed by atoms with van der Waals surface area (Å²) in [6.07, 6.45) is 8.31. The van der Waals surface area contributed by atoms with E-state index in [-0.39, 0.29) is 17.2 Å². The van der Waals surface area contributed by atoms with Crippen LogP contribution in [0.4, 0.5) is 4.39 Å². The molecular formula is C23H25FN2O2.